The molecule has 3 aromatic heterocycles. The lowest BCUT2D eigenvalue weighted by atomic mass is 9.33. The zero-order valence-corrected chi connectivity index (χ0v) is 56.1. The molecule has 96 heavy (non-hydrogen) atoms. The highest BCUT2D eigenvalue weighted by atomic mass is 32.1. The van der Waals surface area contributed by atoms with Crippen molar-refractivity contribution in [2.45, 2.75) is 78.6 Å². The molecule has 0 atom stereocenters. The van der Waals surface area contributed by atoms with Crippen LogP contribution in [0.4, 0.5) is 34.1 Å². The Balaban J connectivity index is 0.957. The van der Waals surface area contributed by atoms with Crippen LogP contribution in [0.1, 0.15) is 85.9 Å². The lowest BCUT2D eigenvalue weighted by Crippen LogP contribution is -2.61. The molecule has 18 rings (SSSR count). The fraction of sp³-hybridized carbons (Fsp3) is 0.133. The van der Waals surface area contributed by atoms with E-state index in [1.807, 2.05) is 18.2 Å². The van der Waals surface area contributed by atoms with Gasteiger partial charge in [0.15, 0.2) is 0 Å². The highest BCUT2D eigenvalue weighted by Gasteiger charge is 2.45. The molecule has 4 nitrogen and oxygen atoms in total. The average Bonchev–Trinajstić information content (AvgIpc) is 0.853. The molecular formula is C90H72BN3OS. The Morgan fingerprint density at radius 2 is 0.906 bits per heavy atom. The molecule has 2 aliphatic rings. The number of aromatic nitrogens is 1. The minimum absolute atomic E-state index is 0.0804. The van der Waals surface area contributed by atoms with E-state index in [-0.39, 0.29) is 52.7 Å². The highest BCUT2D eigenvalue weighted by molar-refractivity contribution is 7.27. The van der Waals surface area contributed by atoms with Gasteiger partial charge in [-0.1, -0.05) is 256 Å². The van der Waals surface area contributed by atoms with Crippen LogP contribution in [0.2, 0.25) is 0 Å². The number of nitrogens with zero attached hydrogens (tertiary/aromatic N) is 3. The summed E-state index contributed by atoms with van der Waals surface area (Å²) in [6.45, 7) is 20.3. The molecule has 0 amide bonds. The van der Waals surface area contributed by atoms with Gasteiger partial charge >= 0.3 is 0 Å². The van der Waals surface area contributed by atoms with Crippen LogP contribution in [0.25, 0.3) is 114 Å². The first-order valence-corrected chi connectivity index (χ1v) is 34.2. The van der Waals surface area contributed by atoms with E-state index in [1.165, 1.54) is 21.9 Å². The summed E-state index contributed by atoms with van der Waals surface area (Å²) in [5.41, 5.74) is 24.5. The topological polar surface area (TPSA) is 24.6 Å². The van der Waals surface area contributed by atoms with Gasteiger partial charge in [0.05, 0.1) is 34.0 Å². The molecule has 0 fully saturated rings. The fourth-order valence-electron chi connectivity index (χ4n) is 15.4. The first-order valence-electron chi connectivity index (χ1n) is 35.9. The van der Waals surface area contributed by atoms with Crippen LogP contribution < -0.4 is 26.2 Å². The van der Waals surface area contributed by atoms with Gasteiger partial charge in [0.2, 0.25) is 0 Å². The molecule has 16 aromatic rings. The van der Waals surface area contributed by atoms with E-state index in [4.69, 9.17) is 8.53 Å². The number of furan rings is 1. The van der Waals surface area contributed by atoms with Crippen molar-refractivity contribution in [1.29, 1.82) is 0 Å². The van der Waals surface area contributed by atoms with Crippen molar-refractivity contribution in [2.75, 3.05) is 9.80 Å². The van der Waals surface area contributed by atoms with Crippen LogP contribution in [-0.4, -0.2) is 11.3 Å². The Labute approximate surface area is 573 Å². The molecule has 2 aliphatic heterocycles. The molecule has 0 aliphatic carbocycles. The van der Waals surface area contributed by atoms with Crippen LogP contribution in [-0.2, 0) is 16.2 Å². The van der Waals surface area contributed by atoms with Crippen LogP contribution in [0.15, 0.2) is 277 Å². The van der Waals surface area contributed by atoms with Gasteiger partial charge in [-0.05, 0) is 156 Å². The number of anilines is 6. The number of hydrogen-bond acceptors (Lipinski definition) is 4. The van der Waals surface area contributed by atoms with Crippen molar-refractivity contribution in [3.8, 4) is 50.2 Å². The predicted octanol–water partition coefficient (Wildman–Crippen LogP) is 23.7. The minimum atomic E-state index is -0.426. The van der Waals surface area contributed by atoms with Crippen molar-refractivity contribution in [1.82, 2.24) is 4.57 Å². The second-order valence-electron chi connectivity index (χ2n) is 29.3. The molecule has 5 heterocycles. The molecule has 6 heteroatoms. The van der Waals surface area contributed by atoms with Crippen LogP contribution in [0.3, 0.4) is 0 Å². The summed E-state index contributed by atoms with van der Waals surface area (Å²) in [4.78, 5) is 5.01. The summed E-state index contributed by atoms with van der Waals surface area (Å²) < 4.78 is 57.2. The third-order valence-electron chi connectivity index (χ3n) is 20.3. The number of thiophene rings is 1. The Morgan fingerprint density at radius 3 is 1.58 bits per heavy atom. The maximum atomic E-state index is 9.50. The SMILES string of the molecule is [2H]c1c([2H])c([2H])c(-c2ccc3c(c2)N(c2cccc4c2sc2c(-c5cccc6c5oc5ccccc56)cccc24)c2cc(C(C)(C)C)cc4c2B3c2ccc(-n3c5ccc(C(C)(C)C)cc5c5cc(C(C)(C)C)ccc53)cc2N4c2ccc(-c3ccccc3)cc2-c2ccccc2)c([2H])c1[2H]. The van der Waals surface area contributed by atoms with Crippen LogP contribution >= 0.6 is 11.3 Å². The lowest BCUT2D eigenvalue weighted by Gasteiger charge is -2.45. The first-order chi connectivity index (χ1) is 48.6. The van der Waals surface area contributed by atoms with E-state index in [1.54, 1.807) is 11.3 Å². The van der Waals surface area contributed by atoms with Crippen LogP contribution in [0, 0.1) is 0 Å². The molecule has 0 unspecified atom stereocenters. The van der Waals surface area contributed by atoms with Crippen LogP contribution in [0.5, 0.6) is 0 Å². The summed E-state index contributed by atoms with van der Waals surface area (Å²) in [5.74, 6) is 0. The Hall–Kier alpha value is -10.7. The first kappa shape index (κ1) is 52.7. The second kappa shape index (κ2) is 21.4. The fourth-order valence-corrected chi connectivity index (χ4v) is 16.7. The van der Waals surface area contributed by atoms with E-state index in [2.05, 4.69) is 301 Å². The summed E-state index contributed by atoms with van der Waals surface area (Å²) in [7, 11) is 0. The third kappa shape index (κ3) is 9.09. The van der Waals surface area contributed by atoms with E-state index in [0.29, 0.717) is 5.56 Å². The number of benzene rings is 13. The van der Waals surface area contributed by atoms with Gasteiger partial charge in [-0.25, -0.2) is 0 Å². The summed E-state index contributed by atoms with van der Waals surface area (Å²) in [5, 5.41) is 6.81. The van der Waals surface area contributed by atoms with Crippen molar-refractivity contribution < 1.29 is 11.3 Å². The largest absolute Gasteiger partial charge is 0.455 e. The number of para-hydroxylation sites is 2. The maximum Gasteiger partial charge on any atom is 0.252 e. The van der Waals surface area contributed by atoms with E-state index >= 15 is 0 Å². The Bertz CT molecular complexity index is 6090. The molecule has 0 saturated carbocycles. The zero-order valence-electron chi connectivity index (χ0n) is 60.3. The van der Waals surface area contributed by atoms with Gasteiger partial charge < -0.3 is 18.8 Å². The number of fused-ring (bicyclic) bond motifs is 13. The molecule has 0 saturated heterocycles. The standard InChI is InChI=1S/C90H72BN3OS/c1-88(2,3)60-40-46-76-71(50-60)72-51-61(89(4,5)6)41-47-77(72)92(76)63-42-44-74-80(54-63)93(75-45-39-58(55-24-13-10-14-25-55)48-70(75)57-28-17-12-18-29-57)81-52-62(90(7,8)9)53-82-84(81)91(74)73-43-38-59(56-26-15-11-16-27-56)49-79(73)94(82)78-36-23-35-69-68-34-22-33-67(86(68)96-87(69)78)66-32-21-31-65-64-30-19-20-37-83(64)95-85(65)66/h10-54H,1-9H3/i11D,15D,16D,26D,27D. The highest BCUT2D eigenvalue weighted by Crippen LogP contribution is 2.53. The molecular weight excluding hydrogens is 1180 g/mol. The smallest absolute Gasteiger partial charge is 0.252 e. The third-order valence-corrected chi connectivity index (χ3v) is 21.6. The molecule has 0 radical (unpaired) electrons. The molecule has 462 valence electrons. The normalized spacial score (nSPS) is 13.9. The number of hydrogen-bond donors (Lipinski definition) is 0. The van der Waals surface area contributed by atoms with Gasteiger partial charge in [-0.3, -0.25) is 0 Å². The van der Waals surface area contributed by atoms with Gasteiger partial charge in [0.25, 0.3) is 6.71 Å². The van der Waals surface area contributed by atoms with Gasteiger partial charge in [-0.2, -0.15) is 0 Å². The van der Waals surface area contributed by atoms with E-state index < -0.39 is 6.04 Å². The van der Waals surface area contributed by atoms with Crippen molar-refractivity contribution >= 4 is 132 Å². The van der Waals surface area contributed by atoms with Crippen molar-refractivity contribution in [2.24, 2.45) is 0 Å². The monoisotopic (exact) mass is 1260 g/mol. The Kier molecular flexibility index (Phi) is 11.8. The van der Waals surface area contributed by atoms with Crippen molar-refractivity contribution in [3.05, 3.63) is 290 Å². The van der Waals surface area contributed by atoms with Gasteiger partial charge in [0, 0.05) is 82.1 Å². The van der Waals surface area contributed by atoms with E-state index in [9.17, 15) is 2.74 Å². The molecule has 0 bridgehead atoms. The zero-order chi connectivity index (χ0) is 69.4. The van der Waals surface area contributed by atoms with Gasteiger partial charge in [-0.15, -0.1) is 11.3 Å². The molecule has 0 spiro atoms. The summed E-state index contributed by atoms with van der Waals surface area (Å²) in [6.07, 6.45) is 0. The van der Waals surface area contributed by atoms with E-state index in [0.717, 1.165) is 148 Å². The minimum Gasteiger partial charge on any atom is -0.455 e. The Morgan fingerprint density at radius 1 is 0.354 bits per heavy atom. The summed E-state index contributed by atoms with van der Waals surface area (Å²) >= 11 is 1.78. The van der Waals surface area contributed by atoms with Gasteiger partial charge in [0.1, 0.15) is 11.2 Å². The summed E-state index contributed by atoms with van der Waals surface area (Å²) in [6, 6.07) is 87.2. The lowest BCUT2D eigenvalue weighted by molar-refractivity contribution is 0.590. The quantitative estimate of drug-likeness (QED) is 0.149. The molecule has 13 aromatic carbocycles. The molecule has 0 N–H and O–H groups in total. The second-order valence-corrected chi connectivity index (χ2v) is 30.3. The number of rotatable bonds is 7. The average molecular weight is 1260 g/mol. The maximum absolute atomic E-state index is 9.50. The van der Waals surface area contributed by atoms with Crippen molar-refractivity contribution in [3.63, 3.8) is 0 Å². The predicted molar refractivity (Wildman–Crippen MR) is 413 cm³/mol.